The van der Waals surface area contributed by atoms with E-state index in [1.807, 2.05) is 24.0 Å². The van der Waals surface area contributed by atoms with Crippen LogP contribution in [0.25, 0.3) is 10.2 Å². The summed E-state index contributed by atoms with van der Waals surface area (Å²) in [6.07, 6.45) is 7.03. The minimum atomic E-state index is -0.193. The van der Waals surface area contributed by atoms with Gasteiger partial charge in [-0.05, 0) is 43.4 Å². The van der Waals surface area contributed by atoms with E-state index in [1.54, 1.807) is 12.4 Å². The number of thiophene rings is 1. The van der Waals surface area contributed by atoms with Crippen molar-refractivity contribution < 1.29 is 9.53 Å². The molecule has 2 aliphatic rings. The van der Waals surface area contributed by atoms with E-state index < -0.39 is 0 Å². The smallest absolute Gasteiger partial charge is 0.264 e. The Bertz CT molecular complexity index is 1090. The number of amides is 1. The lowest BCUT2D eigenvalue weighted by Gasteiger charge is -2.21. The molecule has 1 aliphatic heterocycles. The zero-order chi connectivity index (χ0) is 19.3. The van der Waals surface area contributed by atoms with E-state index >= 15 is 0 Å². The van der Waals surface area contributed by atoms with Crippen LogP contribution in [0.5, 0.6) is 5.75 Å². The number of aromatic nitrogens is 3. The van der Waals surface area contributed by atoms with Crippen LogP contribution in [0.3, 0.4) is 0 Å². The van der Waals surface area contributed by atoms with Gasteiger partial charge in [0.15, 0.2) is 0 Å². The van der Waals surface area contributed by atoms with Crippen LogP contribution in [0.1, 0.15) is 28.1 Å². The maximum absolute atomic E-state index is 13.2. The van der Waals surface area contributed by atoms with Crippen molar-refractivity contribution in [2.75, 3.05) is 13.1 Å². The van der Waals surface area contributed by atoms with Gasteiger partial charge in [0.1, 0.15) is 16.7 Å². The Morgan fingerprint density at radius 2 is 2.25 bits per heavy atom. The fourth-order valence-electron chi connectivity index (χ4n) is 4.55. The highest BCUT2D eigenvalue weighted by Gasteiger charge is 2.45. The van der Waals surface area contributed by atoms with Gasteiger partial charge in [-0.3, -0.25) is 14.6 Å². The van der Waals surface area contributed by atoms with Gasteiger partial charge in [-0.25, -0.2) is 4.98 Å². The van der Waals surface area contributed by atoms with E-state index in [-0.39, 0.29) is 17.6 Å². The second kappa shape index (κ2) is 6.70. The molecule has 1 aliphatic carbocycles. The molecule has 5 rings (SSSR count). The molecule has 0 unspecified atom stereocenters. The molecule has 7 nitrogen and oxygen atoms in total. The lowest BCUT2D eigenvalue weighted by Crippen LogP contribution is -2.32. The molecule has 0 bridgehead atoms. The molecule has 2 fully saturated rings. The van der Waals surface area contributed by atoms with Gasteiger partial charge in [-0.1, -0.05) is 0 Å². The number of H-pyrrole nitrogens is 1. The number of aromatic amines is 1. The van der Waals surface area contributed by atoms with E-state index in [9.17, 15) is 9.59 Å². The molecule has 28 heavy (non-hydrogen) atoms. The highest BCUT2D eigenvalue weighted by Crippen LogP contribution is 2.41. The van der Waals surface area contributed by atoms with Crippen molar-refractivity contribution in [3.8, 4) is 5.75 Å². The first-order valence-corrected chi connectivity index (χ1v) is 10.3. The van der Waals surface area contributed by atoms with Crippen LogP contribution in [-0.2, 0) is 0 Å². The van der Waals surface area contributed by atoms with Crippen LogP contribution in [0.15, 0.2) is 35.6 Å². The monoisotopic (exact) mass is 396 g/mol. The molecular formula is C20H20N4O3S. The number of carbonyl (C=O) groups is 1. The third kappa shape index (κ3) is 2.79. The van der Waals surface area contributed by atoms with Crippen molar-refractivity contribution in [2.24, 2.45) is 11.8 Å². The maximum Gasteiger partial charge on any atom is 0.264 e. The number of nitrogens with zero attached hydrogens (tertiary/aromatic N) is 3. The van der Waals surface area contributed by atoms with Gasteiger partial charge in [-0.2, -0.15) is 0 Å². The predicted octanol–water partition coefficient (Wildman–Crippen LogP) is 2.62. The average Bonchev–Trinajstić information content (AvgIpc) is 3.37. The molecule has 1 N–H and O–H groups in total. The third-order valence-corrected chi connectivity index (χ3v) is 7.11. The number of fused-ring (bicyclic) bond motifs is 2. The zero-order valence-electron chi connectivity index (χ0n) is 15.4. The third-order valence-electron chi connectivity index (χ3n) is 5.93. The SMILES string of the molecule is Cc1c(C(=O)N2C[C@H]3CC[C@H](Oc4cccnc4)[C@H]3C2)sc2nc[nH]c(=O)c12. The first-order chi connectivity index (χ1) is 13.6. The van der Waals surface area contributed by atoms with E-state index in [0.29, 0.717) is 33.5 Å². The molecule has 3 aromatic heterocycles. The summed E-state index contributed by atoms with van der Waals surface area (Å²) < 4.78 is 6.16. The minimum Gasteiger partial charge on any atom is -0.488 e. The topological polar surface area (TPSA) is 88.2 Å². The normalized spacial score (nSPS) is 23.9. The number of carbonyl (C=O) groups excluding carboxylic acids is 1. The summed E-state index contributed by atoms with van der Waals surface area (Å²) in [5, 5.41) is 0.521. The second-order valence-electron chi connectivity index (χ2n) is 7.52. The van der Waals surface area contributed by atoms with Crippen molar-refractivity contribution in [3.63, 3.8) is 0 Å². The maximum atomic E-state index is 13.2. The highest BCUT2D eigenvalue weighted by molar-refractivity contribution is 7.20. The first kappa shape index (κ1) is 17.4. The lowest BCUT2D eigenvalue weighted by atomic mass is 9.99. The highest BCUT2D eigenvalue weighted by atomic mass is 32.1. The molecule has 1 amide bonds. The lowest BCUT2D eigenvalue weighted by molar-refractivity contribution is 0.0766. The Morgan fingerprint density at radius 1 is 1.36 bits per heavy atom. The predicted molar refractivity (Wildman–Crippen MR) is 106 cm³/mol. The van der Waals surface area contributed by atoms with Crippen LogP contribution in [0.2, 0.25) is 0 Å². The molecule has 0 spiro atoms. The van der Waals surface area contributed by atoms with Gasteiger partial charge in [0, 0.05) is 25.2 Å². The molecular weight excluding hydrogens is 376 g/mol. The molecule has 0 radical (unpaired) electrons. The molecule has 3 aromatic rings. The number of rotatable bonds is 3. The van der Waals surface area contributed by atoms with Crippen molar-refractivity contribution in [2.45, 2.75) is 25.9 Å². The molecule has 1 saturated heterocycles. The average molecular weight is 396 g/mol. The number of pyridine rings is 1. The van der Waals surface area contributed by atoms with Gasteiger partial charge in [0.2, 0.25) is 0 Å². The van der Waals surface area contributed by atoms with Crippen LogP contribution in [0, 0.1) is 18.8 Å². The molecule has 1 saturated carbocycles. The number of hydrogen-bond donors (Lipinski definition) is 1. The van der Waals surface area contributed by atoms with Gasteiger partial charge in [-0.15, -0.1) is 11.3 Å². The van der Waals surface area contributed by atoms with Gasteiger partial charge in [0.05, 0.1) is 22.8 Å². The summed E-state index contributed by atoms with van der Waals surface area (Å²) in [5.74, 6) is 1.57. The summed E-state index contributed by atoms with van der Waals surface area (Å²) in [7, 11) is 0. The van der Waals surface area contributed by atoms with Crippen LogP contribution >= 0.6 is 11.3 Å². The Labute approximate surface area is 165 Å². The largest absolute Gasteiger partial charge is 0.488 e. The van der Waals surface area contributed by atoms with Gasteiger partial charge in [0.25, 0.3) is 11.5 Å². The molecule has 144 valence electrons. The second-order valence-corrected chi connectivity index (χ2v) is 8.52. The zero-order valence-corrected chi connectivity index (χ0v) is 16.2. The molecule has 8 heteroatoms. The van der Waals surface area contributed by atoms with E-state index in [2.05, 4.69) is 15.0 Å². The minimum absolute atomic E-state index is 0.00516. The fraction of sp³-hybridized carbons (Fsp3) is 0.400. The summed E-state index contributed by atoms with van der Waals surface area (Å²) in [4.78, 5) is 39.3. The molecule has 4 heterocycles. The van der Waals surface area contributed by atoms with E-state index in [0.717, 1.165) is 30.7 Å². The number of likely N-dealkylation sites (tertiary alicyclic amines) is 1. The number of nitrogens with one attached hydrogen (secondary N) is 1. The van der Waals surface area contributed by atoms with Crippen molar-refractivity contribution in [1.29, 1.82) is 0 Å². The van der Waals surface area contributed by atoms with E-state index in [1.165, 1.54) is 17.7 Å². The summed E-state index contributed by atoms with van der Waals surface area (Å²) in [5.41, 5.74) is 0.528. The Hall–Kier alpha value is -2.74. The Balaban J connectivity index is 1.36. The summed E-state index contributed by atoms with van der Waals surface area (Å²) in [6, 6.07) is 3.79. The number of aryl methyl sites for hydroxylation is 1. The summed E-state index contributed by atoms with van der Waals surface area (Å²) >= 11 is 1.30. The van der Waals surface area contributed by atoms with E-state index in [4.69, 9.17) is 4.74 Å². The Morgan fingerprint density at radius 3 is 3.04 bits per heavy atom. The van der Waals surface area contributed by atoms with Crippen molar-refractivity contribution >= 4 is 27.5 Å². The molecule has 3 atom stereocenters. The number of ether oxygens (including phenoxy) is 1. The Kier molecular flexibility index (Phi) is 4.16. The van der Waals surface area contributed by atoms with Crippen LogP contribution < -0.4 is 10.3 Å². The standard InChI is InChI=1S/C20H20N4O3S/c1-11-16-18(25)22-10-23-19(16)28-17(11)20(26)24-8-12-4-5-15(14(12)9-24)27-13-3-2-6-21-7-13/h2-3,6-7,10,12,14-15H,4-5,8-9H2,1H3,(H,22,23,25)/t12-,14+,15+/m1/s1. The summed E-state index contributed by atoms with van der Waals surface area (Å²) in [6.45, 7) is 3.26. The first-order valence-electron chi connectivity index (χ1n) is 9.44. The number of hydrogen-bond acceptors (Lipinski definition) is 6. The van der Waals surface area contributed by atoms with Gasteiger partial charge < -0.3 is 14.6 Å². The van der Waals surface area contributed by atoms with Crippen molar-refractivity contribution in [3.05, 3.63) is 51.6 Å². The van der Waals surface area contributed by atoms with Crippen molar-refractivity contribution in [1.82, 2.24) is 19.9 Å². The van der Waals surface area contributed by atoms with Crippen LogP contribution in [-0.4, -0.2) is 45.0 Å². The van der Waals surface area contributed by atoms with Crippen LogP contribution in [0.4, 0.5) is 0 Å². The quantitative estimate of drug-likeness (QED) is 0.735. The fourth-order valence-corrected chi connectivity index (χ4v) is 5.66. The molecule has 0 aromatic carbocycles. The van der Waals surface area contributed by atoms with Gasteiger partial charge >= 0.3 is 0 Å².